The molecule has 0 aliphatic carbocycles. The van der Waals surface area contributed by atoms with Gasteiger partial charge in [0, 0.05) is 0 Å². The van der Waals surface area contributed by atoms with Gasteiger partial charge in [-0.1, -0.05) is 26.0 Å². The predicted molar refractivity (Wildman–Crippen MR) is 67.6 cm³/mol. The molecular formula is C14H20O3. The van der Waals surface area contributed by atoms with Crippen LogP contribution in [-0.4, -0.2) is 16.7 Å². The number of hydrogen-bond donors (Lipinski definition) is 1. The van der Waals surface area contributed by atoms with E-state index in [1.807, 2.05) is 25.1 Å². The Balaban J connectivity index is 2.98. The summed E-state index contributed by atoms with van der Waals surface area (Å²) < 4.78 is 5.53. The summed E-state index contributed by atoms with van der Waals surface area (Å²) in [4.78, 5) is 11.0. The van der Waals surface area contributed by atoms with E-state index in [0.717, 1.165) is 5.56 Å². The van der Waals surface area contributed by atoms with E-state index in [1.165, 1.54) is 5.56 Å². The van der Waals surface area contributed by atoms with Crippen LogP contribution >= 0.6 is 0 Å². The normalized spacial score (nSPS) is 11.6. The predicted octanol–water partition coefficient (Wildman–Crippen LogP) is 3.36. The van der Waals surface area contributed by atoms with Crippen LogP contribution in [0, 0.1) is 6.92 Å². The number of carbonyl (C=O) groups is 1. The third kappa shape index (κ3) is 3.22. The first-order chi connectivity index (χ1) is 7.74. The minimum Gasteiger partial charge on any atom is -0.478 e. The SMILES string of the molecule is Cc1cc(C(C)C)ccc1OC(C)(C)C(=O)O. The Bertz CT molecular complexity index is 419. The van der Waals surface area contributed by atoms with Crippen LogP contribution < -0.4 is 4.74 Å². The summed E-state index contributed by atoms with van der Waals surface area (Å²) >= 11 is 0. The highest BCUT2D eigenvalue weighted by atomic mass is 16.5. The van der Waals surface area contributed by atoms with Crippen molar-refractivity contribution < 1.29 is 14.6 Å². The van der Waals surface area contributed by atoms with E-state index in [9.17, 15) is 4.79 Å². The van der Waals surface area contributed by atoms with Crippen LogP contribution in [0.25, 0.3) is 0 Å². The van der Waals surface area contributed by atoms with Crippen LogP contribution in [0.3, 0.4) is 0 Å². The maximum Gasteiger partial charge on any atom is 0.347 e. The number of rotatable bonds is 4. The van der Waals surface area contributed by atoms with Crippen LogP contribution in [-0.2, 0) is 4.79 Å². The largest absolute Gasteiger partial charge is 0.478 e. The molecule has 0 unspecified atom stereocenters. The average molecular weight is 236 g/mol. The van der Waals surface area contributed by atoms with Crippen molar-refractivity contribution in [2.24, 2.45) is 0 Å². The van der Waals surface area contributed by atoms with Crippen molar-refractivity contribution in [1.82, 2.24) is 0 Å². The molecule has 0 aliphatic rings. The van der Waals surface area contributed by atoms with E-state index >= 15 is 0 Å². The molecule has 0 saturated carbocycles. The lowest BCUT2D eigenvalue weighted by Gasteiger charge is -2.23. The highest BCUT2D eigenvalue weighted by molar-refractivity contribution is 5.76. The molecule has 3 heteroatoms. The van der Waals surface area contributed by atoms with Gasteiger partial charge in [-0.3, -0.25) is 0 Å². The summed E-state index contributed by atoms with van der Waals surface area (Å²) in [6, 6.07) is 5.86. The molecule has 0 spiro atoms. The second-order valence-electron chi connectivity index (χ2n) is 5.10. The Morgan fingerprint density at radius 3 is 2.35 bits per heavy atom. The molecule has 1 aromatic rings. The molecule has 0 fully saturated rings. The van der Waals surface area contributed by atoms with E-state index < -0.39 is 11.6 Å². The Morgan fingerprint density at radius 2 is 1.94 bits per heavy atom. The smallest absolute Gasteiger partial charge is 0.347 e. The number of aliphatic carboxylic acids is 1. The molecular weight excluding hydrogens is 216 g/mol. The van der Waals surface area contributed by atoms with Crippen molar-refractivity contribution in [2.75, 3.05) is 0 Å². The maximum atomic E-state index is 11.0. The van der Waals surface area contributed by atoms with Gasteiger partial charge in [0.05, 0.1) is 0 Å². The standard InChI is InChI=1S/C14H20O3/c1-9(2)11-6-7-12(10(3)8-11)17-14(4,5)13(15)16/h6-9H,1-5H3,(H,15,16). The molecule has 3 nitrogen and oxygen atoms in total. The molecule has 0 heterocycles. The third-order valence-electron chi connectivity index (χ3n) is 2.75. The molecule has 0 aliphatic heterocycles. The van der Waals surface area contributed by atoms with Crippen molar-refractivity contribution in [3.8, 4) is 5.75 Å². The van der Waals surface area contributed by atoms with E-state index in [-0.39, 0.29) is 0 Å². The van der Waals surface area contributed by atoms with Gasteiger partial charge in [-0.05, 0) is 43.9 Å². The van der Waals surface area contributed by atoms with Crippen LogP contribution in [0.2, 0.25) is 0 Å². The summed E-state index contributed by atoms with van der Waals surface area (Å²) in [7, 11) is 0. The minimum absolute atomic E-state index is 0.454. The van der Waals surface area contributed by atoms with Gasteiger partial charge < -0.3 is 9.84 Å². The van der Waals surface area contributed by atoms with E-state index in [4.69, 9.17) is 9.84 Å². The van der Waals surface area contributed by atoms with Gasteiger partial charge >= 0.3 is 5.97 Å². The number of benzene rings is 1. The highest BCUT2D eigenvalue weighted by Gasteiger charge is 2.29. The molecule has 1 rings (SSSR count). The summed E-state index contributed by atoms with van der Waals surface area (Å²) in [5.74, 6) is 0.113. The first-order valence-electron chi connectivity index (χ1n) is 5.77. The topological polar surface area (TPSA) is 46.5 Å². The molecule has 94 valence electrons. The first-order valence-corrected chi connectivity index (χ1v) is 5.77. The fraction of sp³-hybridized carbons (Fsp3) is 0.500. The van der Waals surface area contributed by atoms with Crippen molar-refractivity contribution in [3.05, 3.63) is 29.3 Å². The van der Waals surface area contributed by atoms with Crippen LogP contribution in [0.1, 0.15) is 44.7 Å². The number of carboxylic acids is 1. The third-order valence-corrected chi connectivity index (χ3v) is 2.75. The van der Waals surface area contributed by atoms with Gasteiger partial charge in [0.25, 0.3) is 0 Å². The van der Waals surface area contributed by atoms with Crippen LogP contribution in [0.4, 0.5) is 0 Å². The number of carboxylic acid groups (broad SMARTS) is 1. The molecule has 0 bridgehead atoms. The maximum absolute atomic E-state index is 11.0. The zero-order chi connectivity index (χ0) is 13.2. The molecule has 0 atom stereocenters. The molecule has 1 aromatic carbocycles. The van der Waals surface area contributed by atoms with E-state index in [1.54, 1.807) is 13.8 Å². The Hall–Kier alpha value is -1.51. The quantitative estimate of drug-likeness (QED) is 0.872. The summed E-state index contributed by atoms with van der Waals surface area (Å²) in [5, 5.41) is 9.01. The fourth-order valence-electron chi connectivity index (χ4n) is 1.46. The zero-order valence-electron chi connectivity index (χ0n) is 11.1. The number of aryl methyl sites for hydroxylation is 1. The van der Waals surface area contributed by atoms with Crippen molar-refractivity contribution >= 4 is 5.97 Å². The number of ether oxygens (including phenoxy) is 1. The van der Waals surface area contributed by atoms with Gasteiger partial charge in [-0.2, -0.15) is 0 Å². The summed E-state index contributed by atoms with van der Waals surface area (Å²) in [5.41, 5.74) is 0.984. The Kier molecular flexibility index (Phi) is 3.81. The van der Waals surface area contributed by atoms with Gasteiger partial charge in [0.1, 0.15) is 5.75 Å². The molecule has 0 amide bonds. The molecule has 1 N–H and O–H groups in total. The first kappa shape index (κ1) is 13.6. The van der Waals surface area contributed by atoms with Gasteiger partial charge in [-0.15, -0.1) is 0 Å². The van der Waals surface area contributed by atoms with E-state index in [0.29, 0.717) is 11.7 Å². The van der Waals surface area contributed by atoms with Gasteiger partial charge in [0.2, 0.25) is 0 Å². The van der Waals surface area contributed by atoms with E-state index in [2.05, 4.69) is 13.8 Å². The van der Waals surface area contributed by atoms with Gasteiger partial charge in [0.15, 0.2) is 5.60 Å². The second kappa shape index (κ2) is 4.78. The fourth-order valence-corrected chi connectivity index (χ4v) is 1.46. The lowest BCUT2D eigenvalue weighted by molar-refractivity contribution is -0.152. The lowest BCUT2D eigenvalue weighted by atomic mass is 10.0. The second-order valence-corrected chi connectivity index (χ2v) is 5.10. The lowest BCUT2D eigenvalue weighted by Crippen LogP contribution is -2.38. The van der Waals surface area contributed by atoms with Gasteiger partial charge in [-0.25, -0.2) is 4.79 Å². The van der Waals surface area contributed by atoms with Crippen LogP contribution in [0.15, 0.2) is 18.2 Å². The number of hydrogen-bond acceptors (Lipinski definition) is 2. The monoisotopic (exact) mass is 236 g/mol. The summed E-state index contributed by atoms with van der Waals surface area (Å²) in [6.45, 7) is 9.27. The highest BCUT2D eigenvalue weighted by Crippen LogP contribution is 2.26. The molecule has 0 saturated heterocycles. The summed E-state index contributed by atoms with van der Waals surface area (Å²) in [6.07, 6.45) is 0. The minimum atomic E-state index is -1.20. The van der Waals surface area contributed by atoms with Crippen molar-refractivity contribution in [3.63, 3.8) is 0 Å². The zero-order valence-corrected chi connectivity index (χ0v) is 11.1. The Labute approximate surface area is 102 Å². The van der Waals surface area contributed by atoms with Crippen molar-refractivity contribution in [2.45, 2.75) is 46.1 Å². The van der Waals surface area contributed by atoms with Crippen LogP contribution in [0.5, 0.6) is 5.75 Å². The molecule has 17 heavy (non-hydrogen) atoms. The Morgan fingerprint density at radius 1 is 1.35 bits per heavy atom. The van der Waals surface area contributed by atoms with Crippen molar-refractivity contribution in [1.29, 1.82) is 0 Å². The molecule has 0 radical (unpaired) electrons. The average Bonchev–Trinajstić information content (AvgIpc) is 2.20. The molecule has 0 aromatic heterocycles.